The normalized spacial score (nSPS) is 29.4. The average molecular weight is 500 g/mol. The molecule has 7 nitrogen and oxygen atoms in total. The van der Waals surface area contributed by atoms with E-state index in [1.165, 1.54) is 35.6 Å². The number of hydrogen-bond acceptors (Lipinski definition) is 6. The zero-order valence-corrected chi connectivity index (χ0v) is 20.6. The number of halogens is 1. The minimum absolute atomic E-state index is 0.0946. The third-order valence-electron chi connectivity index (χ3n) is 8.00. The van der Waals surface area contributed by atoms with E-state index in [1.807, 2.05) is 6.92 Å². The van der Waals surface area contributed by atoms with E-state index in [2.05, 4.69) is 23.5 Å². The van der Waals surface area contributed by atoms with Gasteiger partial charge in [-0.05, 0) is 54.9 Å². The quantitative estimate of drug-likeness (QED) is 0.457. The topological polar surface area (TPSA) is 112 Å². The molecule has 1 heterocycles. The van der Waals surface area contributed by atoms with Crippen LogP contribution < -0.4 is 10.6 Å². The summed E-state index contributed by atoms with van der Waals surface area (Å²) in [6.07, 6.45) is 6.57. The number of aliphatic hydroxyl groups is 2. The first-order valence-electron chi connectivity index (χ1n) is 11.7. The molecule has 2 aromatic rings. The zero-order chi connectivity index (χ0) is 25.4. The van der Waals surface area contributed by atoms with Crippen LogP contribution in [0.15, 0.2) is 24.3 Å². The highest BCUT2D eigenvalue weighted by Gasteiger charge is 2.59. The van der Waals surface area contributed by atoms with Gasteiger partial charge < -0.3 is 15.5 Å². The summed E-state index contributed by atoms with van der Waals surface area (Å²) < 4.78 is 13.2. The first kappa shape index (κ1) is 25.3. The molecule has 0 bridgehead atoms. The lowest BCUT2D eigenvalue weighted by molar-refractivity contribution is -0.144. The molecule has 0 saturated heterocycles. The second kappa shape index (κ2) is 9.69. The highest BCUT2D eigenvalue weighted by molar-refractivity contribution is 7.15. The number of thiazole rings is 1. The molecule has 1 fully saturated rings. The summed E-state index contributed by atoms with van der Waals surface area (Å²) in [5, 5.41) is 27.1. The van der Waals surface area contributed by atoms with E-state index in [1.54, 1.807) is 0 Å². The van der Waals surface area contributed by atoms with Crippen LogP contribution in [-0.2, 0) is 11.2 Å². The molecular formula is C26H30FN3O4S. The Morgan fingerprint density at radius 3 is 2.69 bits per heavy atom. The maximum absolute atomic E-state index is 13.2. The summed E-state index contributed by atoms with van der Waals surface area (Å²) in [4.78, 5) is 31.1. The summed E-state index contributed by atoms with van der Waals surface area (Å²) in [5.41, 5.74) is -0.0689. The predicted molar refractivity (Wildman–Crippen MR) is 131 cm³/mol. The number of fused-ring (bicyclic) bond motifs is 2. The molecule has 2 amide bonds. The molecule has 1 aromatic heterocycles. The fourth-order valence-corrected chi connectivity index (χ4v) is 6.94. The van der Waals surface area contributed by atoms with E-state index >= 15 is 0 Å². The van der Waals surface area contributed by atoms with Gasteiger partial charge in [-0.3, -0.25) is 14.9 Å². The second-order valence-corrected chi connectivity index (χ2v) is 11.1. The van der Waals surface area contributed by atoms with Gasteiger partial charge in [-0.25, -0.2) is 9.37 Å². The molecule has 4 N–H and O–H groups in total. The predicted octanol–water partition coefficient (Wildman–Crippen LogP) is 3.09. The van der Waals surface area contributed by atoms with Gasteiger partial charge in [0.05, 0.1) is 24.9 Å². The van der Waals surface area contributed by atoms with Crippen LogP contribution in [0.3, 0.4) is 0 Å². The summed E-state index contributed by atoms with van der Waals surface area (Å²) in [6, 6.07) is 5.25. The fraction of sp³-hybridized carbons (Fsp3) is 0.500. The van der Waals surface area contributed by atoms with Gasteiger partial charge in [0, 0.05) is 28.2 Å². The minimum Gasteiger partial charge on any atom is -0.396 e. The van der Waals surface area contributed by atoms with E-state index in [4.69, 9.17) is 11.4 Å². The van der Waals surface area contributed by atoms with Crippen LogP contribution in [0.1, 0.15) is 60.0 Å². The van der Waals surface area contributed by atoms with Crippen molar-refractivity contribution < 1.29 is 24.2 Å². The molecule has 0 spiro atoms. The van der Waals surface area contributed by atoms with E-state index < -0.39 is 28.7 Å². The largest absolute Gasteiger partial charge is 0.396 e. The molecule has 9 heteroatoms. The van der Waals surface area contributed by atoms with Crippen molar-refractivity contribution >= 4 is 28.3 Å². The van der Waals surface area contributed by atoms with Crippen molar-refractivity contribution in [1.29, 1.82) is 0 Å². The van der Waals surface area contributed by atoms with Crippen molar-refractivity contribution in [2.75, 3.05) is 18.5 Å². The Bertz CT molecular complexity index is 1160. The number of aromatic nitrogens is 1. The molecule has 0 aliphatic heterocycles. The van der Waals surface area contributed by atoms with Gasteiger partial charge in [0.1, 0.15) is 5.82 Å². The molecule has 0 radical (unpaired) electrons. The first-order valence-corrected chi connectivity index (χ1v) is 12.5. The van der Waals surface area contributed by atoms with Crippen molar-refractivity contribution in [3.8, 4) is 12.3 Å². The summed E-state index contributed by atoms with van der Waals surface area (Å²) in [6.45, 7) is 3.96. The van der Waals surface area contributed by atoms with Crippen LogP contribution in [-0.4, -0.2) is 46.3 Å². The Kier molecular flexibility index (Phi) is 7.00. The molecule has 186 valence electrons. The van der Waals surface area contributed by atoms with E-state index in [0.717, 1.165) is 10.6 Å². The Balaban J connectivity index is 1.70. The van der Waals surface area contributed by atoms with Gasteiger partial charge in [-0.1, -0.05) is 19.8 Å². The molecule has 0 unspecified atom stereocenters. The number of aliphatic hydroxyl groups excluding tert-OH is 2. The molecule has 5 atom stereocenters. The fourth-order valence-electron chi connectivity index (χ4n) is 5.88. The molecule has 35 heavy (non-hydrogen) atoms. The molecule has 4 rings (SSSR count). The van der Waals surface area contributed by atoms with Gasteiger partial charge in [0.25, 0.3) is 5.91 Å². The van der Waals surface area contributed by atoms with E-state index in [-0.39, 0.29) is 37.3 Å². The van der Waals surface area contributed by atoms with Gasteiger partial charge in [-0.2, -0.15) is 0 Å². The molecular weight excluding hydrogens is 469 g/mol. The van der Waals surface area contributed by atoms with Crippen molar-refractivity contribution in [3.63, 3.8) is 0 Å². The van der Waals surface area contributed by atoms with Gasteiger partial charge in [-0.15, -0.1) is 17.8 Å². The number of nitrogens with one attached hydrogen (secondary N) is 2. The Morgan fingerprint density at radius 1 is 1.31 bits per heavy atom. The second-order valence-electron chi connectivity index (χ2n) is 10.0. The highest BCUT2D eigenvalue weighted by Crippen LogP contribution is 2.62. The van der Waals surface area contributed by atoms with E-state index in [9.17, 15) is 24.2 Å². The van der Waals surface area contributed by atoms with Crippen LogP contribution >= 0.6 is 11.3 Å². The zero-order valence-electron chi connectivity index (χ0n) is 19.8. The Labute approximate surface area is 208 Å². The van der Waals surface area contributed by atoms with E-state index in [0.29, 0.717) is 30.0 Å². The number of nitrogens with zero attached hydrogens (tertiary/aromatic N) is 1. The molecule has 1 saturated carbocycles. The maximum Gasteiger partial charge on any atom is 0.257 e. The molecule has 1 aromatic carbocycles. The van der Waals surface area contributed by atoms with Crippen molar-refractivity contribution in [2.45, 2.75) is 51.6 Å². The average Bonchev–Trinajstić information content (AvgIpc) is 3.24. The van der Waals surface area contributed by atoms with Crippen LogP contribution in [0, 0.1) is 34.9 Å². The van der Waals surface area contributed by atoms with Crippen LogP contribution in [0.4, 0.5) is 9.52 Å². The summed E-state index contributed by atoms with van der Waals surface area (Å²) in [7, 11) is 0. The van der Waals surface area contributed by atoms with Crippen molar-refractivity contribution in [3.05, 3.63) is 46.2 Å². The van der Waals surface area contributed by atoms with Crippen molar-refractivity contribution in [2.24, 2.45) is 16.7 Å². The lowest BCUT2D eigenvalue weighted by atomic mass is 9.47. The minimum atomic E-state index is -0.736. The van der Waals surface area contributed by atoms with Crippen LogP contribution in [0.5, 0.6) is 0 Å². The Hall–Kier alpha value is -2.80. The number of carbonyl (C=O) groups is 2. The number of hydrogen-bond donors (Lipinski definition) is 4. The van der Waals surface area contributed by atoms with Crippen LogP contribution in [0.2, 0.25) is 0 Å². The van der Waals surface area contributed by atoms with Crippen molar-refractivity contribution in [1.82, 2.24) is 10.3 Å². The van der Waals surface area contributed by atoms with Gasteiger partial charge in [0.2, 0.25) is 5.91 Å². The smallest absolute Gasteiger partial charge is 0.257 e. The number of rotatable bonds is 6. The monoisotopic (exact) mass is 499 g/mol. The van der Waals surface area contributed by atoms with Crippen LogP contribution in [0.25, 0.3) is 0 Å². The lowest BCUT2D eigenvalue weighted by Crippen LogP contribution is -2.57. The number of carbonyl (C=O) groups excluding carboxylic acids is 2. The number of amides is 2. The van der Waals surface area contributed by atoms with Gasteiger partial charge >= 0.3 is 0 Å². The summed E-state index contributed by atoms with van der Waals surface area (Å²) >= 11 is 1.33. The lowest BCUT2D eigenvalue weighted by Gasteiger charge is -2.58. The van der Waals surface area contributed by atoms with Gasteiger partial charge in [0.15, 0.2) is 5.13 Å². The first-order chi connectivity index (χ1) is 16.6. The highest BCUT2D eigenvalue weighted by atomic mass is 32.1. The molecule has 2 aliphatic rings. The summed E-state index contributed by atoms with van der Waals surface area (Å²) in [5.74, 6) is 1.01. The number of benzene rings is 1. The maximum atomic E-state index is 13.2. The molecule has 2 aliphatic carbocycles. The Morgan fingerprint density at radius 2 is 2.03 bits per heavy atom. The number of anilines is 1. The third kappa shape index (κ3) is 4.58. The standard InChI is InChI=1S/C26H30FN3O4S/c1-4-11-28-21(33)12-17-22-18(13-19-25(17,2)10-9-20(32)26(19,3)14-31)35-24(29-22)30-23(34)15-5-7-16(27)8-6-15/h1,5-8,17,19-20,31-32H,9-14H2,2-3H3,(H,28,33)(H,29,30,34)/t17-,19+,20-,25+,26+/m1/s1. The number of terminal acetylenes is 1. The SMILES string of the molecule is C#CCNC(=O)C[C@@H]1c2nc(NC(=O)c3ccc(F)cc3)sc2C[C@@H]2[C@](C)(CO)[C@H](O)CC[C@]21C. The third-order valence-corrected chi connectivity index (χ3v) is 9.01.